The van der Waals surface area contributed by atoms with Crippen molar-refractivity contribution < 1.29 is 28.4 Å². The molecule has 0 aromatic heterocycles. The van der Waals surface area contributed by atoms with Gasteiger partial charge in [0, 0.05) is 18.2 Å². The highest BCUT2D eigenvalue weighted by atomic mass is 16.5. The van der Waals surface area contributed by atoms with Gasteiger partial charge in [-0.2, -0.15) is 0 Å². The molecule has 0 N–H and O–H groups in total. The van der Waals surface area contributed by atoms with Gasteiger partial charge in [-0.25, -0.2) is 0 Å². The first-order valence-corrected chi connectivity index (χ1v) is 9.75. The van der Waals surface area contributed by atoms with Crippen LogP contribution >= 0.6 is 0 Å². The van der Waals surface area contributed by atoms with E-state index in [2.05, 4.69) is 0 Å². The van der Waals surface area contributed by atoms with E-state index >= 15 is 0 Å². The third-order valence-electron chi connectivity index (χ3n) is 3.26. The molecule has 1 rings (SSSR count). The van der Waals surface area contributed by atoms with Gasteiger partial charge in [-0.15, -0.1) is 0 Å². The third-order valence-corrected chi connectivity index (χ3v) is 3.26. The first-order chi connectivity index (χ1) is 12.9. The van der Waals surface area contributed by atoms with Gasteiger partial charge in [0.25, 0.3) is 0 Å². The van der Waals surface area contributed by atoms with Crippen LogP contribution in [0.4, 0.5) is 0 Å². The summed E-state index contributed by atoms with van der Waals surface area (Å²) in [6.45, 7) is 15.0. The Bertz CT molecular complexity index is 418. The molecule has 156 valence electrons. The molecule has 0 aliphatic heterocycles. The monoisotopic (exact) mass is 384 g/mol. The van der Waals surface area contributed by atoms with Crippen LogP contribution in [0.1, 0.15) is 41.5 Å². The highest BCUT2D eigenvalue weighted by Gasteiger charge is 2.06. The molecule has 0 unspecified atom stereocenters. The lowest BCUT2D eigenvalue weighted by molar-refractivity contribution is 0.0521. The van der Waals surface area contributed by atoms with Gasteiger partial charge >= 0.3 is 0 Å². The summed E-state index contributed by atoms with van der Waals surface area (Å²) >= 11 is 0. The number of hydrogen-bond donors (Lipinski definition) is 0. The normalized spacial score (nSPS) is 11.4. The van der Waals surface area contributed by atoms with Gasteiger partial charge in [0.1, 0.15) is 37.1 Å². The maximum atomic E-state index is 5.78. The zero-order valence-electron chi connectivity index (χ0n) is 17.7. The van der Waals surface area contributed by atoms with E-state index in [0.29, 0.717) is 56.9 Å². The molecule has 0 saturated heterocycles. The minimum Gasteiger partial charge on any atom is -0.491 e. The highest BCUT2D eigenvalue weighted by molar-refractivity contribution is 5.42. The second kappa shape index (κ2) is 13.6. The molecule has 0 atom stereocenters. The van der Waals surface area contributed by atoms with Crippen molar-refractivity contribution in [3.8, 4) is 17.2 Å². The van der Waals surface area contributed by atoms with E-state index in [1.165, 1.54) is 0 Å². The summed E-state index contributed by atoms with van der Waals surface area (Å²) in [4.78, 5) is 0. The van der Waals surface area contributed by atoms with Crippen LogP contribution in [-0.4, -0.2) is 58.0 Å². The first-order valence-electron chi connectivity index (χ1n) is 9.75. The Kier molecular flexibility index (Phi) is 11.9. The number of rotatable bonds is 15. The average Bonchev–Trinajstić information content (AvgIpc) is 2.59. The molecule has 6 nitrogen and oxygen atoms in total. The smallest absolute Gasteiger partial charge is 0.126 e. The Labute approximate surface area is 164 Å². The van der Waals surface area contributed by atoms with Gasteiger partial charge < -0.3 is 28.4 Å². The predicted octanol–water partition coefficient (Wildman–Crippen LogP) is 4.10. The molecule has 1 aromatic rings. The molecule has 27 heavy (non-hydrogen) atoms. The Morgan fingerprint density at radius 3 is 0.963 bits per heavy atom. The van der Waals surface area contributed by atoms with E-state index in [9.17, 15) is 0 Å². The van der Waals surface area contributed by atoms with Crippen molar-refractivity contribution in [2.24, 2.45) is 0 Å². The summed E-state index contributed by atoms with van der Waals surface area (Å²) in [5.41, 5.74) is 0. The topological polar surface area (TPSA) is 55.4 Å². The van der Waals surface area contributed by atoms with E-state index in [4.69, 9.17) is 28.4 Å². The standard InChI is InChI=1S/C21H36O6/c1-16(2)22-7-10-25-19-13-20(26-11-8-23-17(3)4)15-21(14-19)27-12-9-24-18(5)6/h13-18H,7-12H2,1-6H3. The Morgan fingerprint density at radius 2 is 0.741 bits per heavy atom. The zero-order valence-corrected chi connectivity index (χ0v) is 17.7. The summed E-state index contributed by atoms with van der Waals surface area (Å²) in [7, 11) is 0. The van der Waals surface area contributed by atoms with Gasteiger partial charge in [0.2, 0.25) is 0 Å². The molecule has 0 bridgehead atoms. The molecular formula is C21H36O6. The van der Waals surface area contributed by atoms with E-state index in [1.54, 1.807) is 0 Å². The van der Waals surface area contributed by atoms with Crippen LogP contribution in [0.15, 0.2) is 18.2 Å². The fourth-order valence-electron chi connectivity index (χ4n) is 2.13. The first kappa shape index (κ1) is 23.5. The van der Waals surface area contributed by atoms with E-state index < -0.39 is 0 Å². The van der Waals surface area contributed by atoms with Crippen LogP contribution in [0.3, 0.4) is 0 Å². The SMILES string of the molecule is CC(C)OCCOc1cc(OCCOC(C)C)cc(OCCOC(C)C)c1. The molecule has 0 aliphatic carbocycles. The van der Waals surface area contributed by atoms with Crippen molar-refractivity contribution in [1.29, 1.82) is 0 Å². The molecule has 0 amide bonds. The summed E-state index contributed by atoms with van der Waals surface area (Å²) in [5.74, 6) is 2.05. The van der Waals surface area contributed by atoms with Gasteiger partial charge in [-0.3, -0.25) is 0 Å². The van der Waals surface area contributed by atoms with Crippen molar-refractivity contribution in [3.63, 3.8) is 0 Å². The molecule has 0 spiro atoms. The number of benzene rings is 1. The molecule has 0 radical (unpaired) electrons. The highest BCUT2D eigenvalue weighted by Crippen LogP contribution is 2.28. The fourth-order valence-corrected chi connectivity index (χ4v) is 2.13. The van der Waals surface area contributed by atoms with E-state index in [0.717, 1.165) is 0 Å². The van der Waals surface area contributed by atoms with Gasteiger partial charge in [0.15, 0.2) is 0 Å². The van der Waals surface area contributed by atoms with Crippen molar-refractivity contribution in [2.45, 2.75) is 59.9 Å². The maximum absolute atomic E-state index is 5.78. The van der Waals surface area contributed by atoms with Gasteiger partial charge in [0.05, 0.1) is 38.1 Å². The van der Waals surface area contributed by atoms with Gasteiger partial charge in [-0.1, -0.05) is 0 Å². The molecule has 0 saturated carbocycles. The molecule has 0 fully saturated rings. The Balaban J connectivity index is 2.60. The molecule has 6 heteroatoms. The number of hydrogen-bond acceptors (Lipinski definition) is 6. The lowest BCUT2D eigenvalue weighted by Crippen LogP contribution is -2.13. The van der Waals surface area contributed by atoms with Crippen LogP contribution in [0, 0.1) is 0 Å². The van der Waals surface area contributed by atoms with Crippen LogP contribution in [0.25, 0.3) is 0 Å². The maximum Gasteiger partial charge on any atom is 0.126 e. The van der Waals surface area contributed by atoms with Crippen LogP contribution in [-0.2, 0) is 14.2 Å². The van der Waals surface area contributed by atoms with Crippen molar-refractivity contribution in [2.75, 3.05) is 39.6 Å². The molecule has 0 heterocycles. The van der Waals surface area contributed by atoms with Crippen LogP contribution < -0.4 is 14.2 Å². The average molecular weight is 385 g/mol. The fraction of sp³-hybridized carbons (Fsp3) is 0.714. The zero-order chi connectivity index (χ0) is 20.1. The second-order valence-corrected chi connectivity index (χ2v) is 6.94. The minimum absolute atomic E-state index is 0.184. The third kappa shape index (κ3) is 12.5. The van der Waals surface area contributed by atoms with E-state index in [-0.39, 0.29) is 18.3 Å². The predicted molar refractivity (Wildman–Crippen MR) is 106 cm³/mol. The van der Waals surface area contributed by atoms with Crippen LogP contribution in [0.2, 0.25) is 0 Å². The molecule has 1 aromatic carbocycles. The van der Waals surface area contributed by atoms with Crippen molar-refractivity contribution >= 4 is 0 Å². The summed E-state index contributed by atoms with van der Waals surface area (Å²) < 4.78 is 33.9. The Hall–Kier alpha value is -1.50. The largest absolute Gasteiger partial charge is 0.491 e. The summed E-state index contributed by atoms with van der Waals surface area (Å²) in [6, 6.07) is 5.55. The lowest BCUT2D eigenvalue weighted by Gasteiger charge is -2.15. The summed E-state index contributed by atoms with van der Waals surface area (Å²) in [6.07, 6.45) is 0.553. The quantitative estimate of drug-likeness (QED) is 0.425. The van der Waals surface area contributed by atoms with Crippen LogP contribution in [0.5, 0.6) is 17.2 Å². The molecule has 0 aliphatic rings. The lowest BCUT2D eigenvalue weighted by atomic mass is 10.3. The summed E-state index contributed by atoms with van der Waals surface area (Å²) in [5, 5.41) is 0. The van der Waals surface area contributed by atoms with Gasteiger partial charge in [-0.05, 0) is 41.5 Å². The second-order valence-electron chi connectivity index (χ2n) is 6.94. The Morgan fingerprint density at radius 1 is 0.481 bits per heavy atom. The minimum atomic E-state index is 0.184. The van der Waals surface area contributed by atoms with Crippen molar-refractivity contribution in [1.82, 2.24) is 0 Å². The van der Waals surface area contributed by atoms with Crippen molar-refractivity contribution in [3.05, 3.63) is 18.2 Å². The number of ether oxygens (including phenoxy) is 6. The van der Waals surface area contributed by atoms with E-state index in [1.807, 2.05) is 59.7 Å². The molecular weight excluding hydrogens is 348 g/mol.